The lowest BCUT2D eigenvalue weighted by atomic mass is 10.3. The highest BCUT2D eigenvalue weighted by Gasteiger charge is 2.24. The zero-order valence-corrected chi connectivity index (χ0v) is 20.2. The van der Waals surface area contributed by atoms with Crippen molar-refractivity contribution in [2.75, 3.05) is 50.5 Å². The zero-order chi connectivity index (χ0) is 21.3. The Morgan fingerprint density at radius 3 is 2.67 bits per heavy atom. The van der Waals surface area contributed by atoms with Crippen LogP contribution in [0.15, 0.2) is 39.0 Å². The number of sulfone groups is 1. The maximum absolute atomic E-state index is 13.3. The van der Waals surface area contributed by atoms with Crippen LogP contribution in [0, 0.1) is 0 Å². The molecule has 1 aliphatic rings. The van der Waals surface area contributed by atoms with Crippen molar-refractivity contribution >= 4 is 69.7 Å². The van der Waals surface area contributed by atoms with Crippen molar-refractivity contribution in [3.05, 3.63) is 39.0 Å². The van der Waals surface area contributed by atoms with Gasteiger partial charge < -0.3 is 4.74 Å². The monoisotopic (exact) mass is 529 g/mol. The number of thiophene rings is 1. The Labute approximate surface area is 191 Å². The molecule has 1 aliphatic heterocycles. The summed E-state index contributed by atoms with van der Waals surface area (Å²) in [6, 6.07) is 8.52. The molecular weight excluding hydrogens is 510 g/mol. The summed E-state index contributed by atoms with van der Waals surface area (Å²) in [6.07, 6.45) is 1.18. The van der Waals surface area contributed by atoms with Crippen LogP contribution >= 0.6 is 38.6 Å². The van der Waals surface area contributed by atoms with Crippen molar-refractivity contribution in [2.45, 2.75) is 4.90 Å². The summed E-state index contributed by atoms with van der Waals surface area (Å²) in [5.41, 5.74) is 0.680. The summed E-state index contributed by atoms with van der Waals surface area (Å²) >= 11 is 6.13. The lowest BCUT2D eigenvalue weighted by Gasteiger charge is -2.29. The van der Waals surface area contributed by atoms with E-state index in [9.17, 15) is 13.2 Å². The minimum atomic E-state index is -3.31. The van der Waals surface area contributed by atoms with E-state index >= 15 is 0 Å². The van der Waals surface area contributed by atoms with E-state index in [1.54, 1.807) is 29.2 Å². The Kier molecular flexibility index (Phi) is 6.56. The first-order valence-corrected chi connectivity index (χ1v) is 13.6. The standard InChI is InChI=1S/C19H20BrN3O4S3/c1-30(25,26)13-2-3-14-16(12-13)29-19(21-14)23(7-6-22-8-10-27-11-9-22)18(24)15-4-5-17(20)28-15/h2-5,12H,6-11H2,1H3. The fourth-order valence-corrected chi connectivity index (χ4v) is 6.24. The second-order valence-corrected chi connectivity index (χ2v) is 12.4. The average Bonchev–Trinajstić information content (AvgIpc) is 3.33. The molecule has 2 aromatic heterocycles. The second kappa shape index (κ2) is 9.01. The molecule has 160 valence electrons. The highest BCUT2D eigenvalue weighted by molar-refractivity contribution is 9.11. The van der Waals surface area contributed by atoms with E-state index in [2.05, 4.69) is 25.8 Å². The molecule has 0 N–H and O–H groups in total. The number of fused-ring (bicyclic) bond motifs is 1. The molecule has 11 heteroatoms. The third kappa shape index (κ3) is 4.92. The third-order valence-corrected chi connectivity index (χ3v) is 8.54. The SMILES string of the molecule is CS(=O)(=O)c1ccc2nc(N(CCN3CCOCC3)C(=O)c3ccc(Br)s3)sc2c1. The number of nitrogens with zero attached hydrogens (tertiary/aromatic N) is 3. The fourth-order valence-electron chi connectivity index (χ4n) is 3.15. The first-order chi connectivity index (χ1) is 14.3. The van der Waals surface area contributed by atoms with Crippen LogP contribution in [0.1, 0.15) is 9.67 Å². The predicted molar refractivity (Wildman–Crippen MR) is 124 cm³/mol. The lowest BCUT2D eigenvalue weighted by molar-refractivity contribution is 0.0391. The van der Waals surface area contributed by atoms with Crippen molar-refractivity contribution in [3.8, 4) is 0 Å². The molecule has 0 aliphatic carbocycles. The molecule has 1 saturated heterocycles. The highest BCUT2D eigenvalue weighted by Crippen LogP contribution is 2.32. The molecule has 0 atom stereocenters. The maximum Gasteiger partial charge on any atom is 0.270 e. The molecule has 1 amide bonds. The van der Waals surface area contributed by atoms with Gasteiger partial charge in [0.05, 0.1) is 37.0 Å². The van der Waals surface area contributed by atoms with Crippen LogP contribution in [-0.4, -0.2) is 69.9 Å². The van der Waals surface area contributed by atoms with Crippen LogP contribution in [-0.2, 0) is 14.6 Å². The Hall–Kier alpha value is -1.37. The van der Waals surface area contributed by atoms with Crippen molar-refractivity contribution in [1.82, 2.24) is 9.88 Å². The van der Waals surface area contributed by atoms with Gasteiger partial charge in [-0.25, -0.2) is 13.4 Å². The molecule has 3 aromatic rings. The molecule has 4 rings (SSSR count). The van der Waals surface area contributed by atoms with E-state index in [1.807, 2.05) is 6.07 Å². The van der Waals surface area contributed by atoms with Gasteiger partial charge in [-0.3, -0.25) is 14.6 Å². The van der Waals surface area contributed by atoms with Gasteiger partial charge in [0, 0.05) is 32.4 Å². The van der Waals surface area contributed by atoms with Gasteiger partial charge >= 0.3 is 0 Å². The molecule has 0 bridgehead atoms. The molecule has 0 saturated carbocycles. The van der Waals surface area contributed by atoms with Crippen LogP contribution in [0.5, 0.6) is 0 Å². The van der Waals surface area contributed by atoms with Crippen LogP contribution in [0.25, 0.3) is 10.2 Å². The summed E-state index contributed by atoms with van der Waals surface area (Å²) in [4.78, 5) is 22.7. The number of halogens is 1. The molecule has 1 aromatic carbocycles. The predicted octanol–water partition coefficient (Wildman–Crippen LogP) is 3.50. The normalized spacial score (nSPS) is 15.5. The quantitative estimate of drug-likeness (QED) is 0.486. The number of aromatic nitrogens is 1. The number of anilines is 1. The summed E-state index contributed by atoms with van der Waals surface area (Å²) < 4.78 is 30.8. The first kappa shape index (κ1) is 21.8. The molecule has 3 heterocycles. The Bertz CT molecular complexity index is 1170. The van der Waals surface area contributed by atoms with Crippen molar-refractivity contribution in [2.24, 2.45) is 0 Å². The van der Waals surface area contributed by atoms with Crippen LogP contribution in [0.4, 0.5) is 5.13 Å². The van der Waals surface area contributed by atoms with Crippen molar-refractivity contribution in [3.63, 3.8) is 0 Å². The number of carbonyl (C=O) groups is 1. The van der Waals surface area contributed by atoms with Gasteiger partial charge in [-0.15, -0.1) is 11.3 Å². The van der Waals surface area contributed by atoms with E-state index in [-0.39, 0.29) is 10.8 Å². The summed E-state index contributed by atoms with van der Waals surface area (Å²) in [7, 11) is -3.31. The number of rotatable bonds is 6. The number of ether oxygens (including phenoxy) is 1. The summed E-state index contributed by atoms with van der Waals surface area (Å²) in [5, 5.41) is 0.568. The van der Waals surface area contributed by atoms with Gasteiger partial charge in [-0.1, -0.05) is 11.3 Å². The second-order valence-electron chi connectivity index (χ2n) is 6.91. The smallest absolute Gasteiger partial charge is 0.270 e. The van der Waals surface area contributed by atoms with Crippen molar-refractivity contribution < 1.29 is 17.9 Å². The van der Waals surface area contributed by atoms with Gasteiger partial charge in [0.2, 0.25) is 0 Å². The largest absolute Gasteiger partial charge is 0.379 e. The van der Waals surface area contributed by atoms with Gasteiger partial charge in [-0.2, -0.15) is 0 Å². The summed E-state index contributed by atoms with van der Waals surface area (Å²) in [6.45, 7) is 4.27. The van der Waals surface area contributed by atoms with E-state index in [0.29, 0.717) is 41.8 Å². The van der Waals surface area contributed by atoms with E-state index in [4.69, 9.17) is 4.74 Å². The van der Waals surface area contributed by atoms with Gasteiger partial charge in [-0.05, 0) is 46.3 Å². The molecule has 0 radical (unpaired) electrons. The number of carbonyl (C=O) groups excluding carboxylic acids is 1. The summed E-state index contributed by atoms with van der Waals surface area (Å²) in [5.74, 6) is -0.110. The van der Waals surface area contributed by atoms with Crippen molar-refractivity contribution in [1.29, 1.82) is 0 Å². The van der Waals surface area contributed by atoms with Gasteiger partial charge in [0.1, 0.15) is 0 Å². The Morgan fingerprint density at radius 1 is 1.23 bits per heavy atom. The lowest BCUT2D eigenvalue weighted by Crippen LogP contribution is -2.43. The number of amides is 1. The third-order valence-electron chi connectivity index (χ3n) is 4.78. The van der Waals surface area contributed by atoms with Crippen LogP contribution < -0.4 is 4.90 Å². The molecule has 1 fully saturated rings. The van der Waals surface area contributed by atoms with Crippen LogP contribution in [0.2, 0.25) is 0 Å². The number of thiazole rings is 1. The number of morpholine rings is 1. The molecule has 30 heavy (non-hydrogen) atoms. The van der Waals surface area contributed by atoms with Gasteiger partial charge in [0.25, 0.3) is 5.91 Å². The fraction of sp³-hybridized carbons (Fsp3) is 0.368. The number of hydrogen-bond donors (Lipinski definition) is 0. The molecule has 7 nitrogen and oxygen atoms in total. The Balaban J connectivity index is 1.66. The number of benzene rings is 1. The van der Waals surface area contributed by atoms with E-state index in [1.165, 1.54) is 28.9 Å². The van der Waals surface area contributed by atoms with Gasteiger partial charge in [0.15, 0.2) is 15.0 Å². The first-order valence-electron chi connectivity index (χ1n) is 9.29. The molecule has 0 spiro atoms. The maximum atomic E-state index is 13.3. The van der Waals surface area contributed by atoms with Crippen LogP contribution in [0.3, 0.4) is 0 Å². The van der Waals surface area contributed by atoms with E-state index in [0.717, 1.165) is 21.6 Å². The topological polar surface area (TPSA) is 79.8 Å². The Morgan fingerprint density at radius 2 is 2.00 bits per heavy atom. The zero-order valence-electron chi connectivity index (χ0n) is 16.2. The minimum Gasteiger partial charge on any atom is -0.379 e. The molecular formula is C19H20BrN3O4S3. The average molecular weight is 530 g/mol. The molecule has 0 unspecified atom stereocenters. The number of hydrogen-bond acceptors (Lipinski definition) is 8. The highest BCUT2D eigenvalue weighted by atomic mass is 79.9. The minimum absolute atomic E-state index is 0.110. The van der Waals surface area contributed by atoms with E-state index < -0.39 is 9.84 Å².